The van der Waals surface area contributed by atoms with Crippen molar-refractivity contribution < 1.29 is 5.11 Å². The minimum absolute atomic E-state index is 0.488. The Bertz CT molecular complexity index is 519. The SMILES string of the molecule is OC(/C(Cl)=C/CCc1ccccc1)c1ccccc1. The van der Waals surface area contributed by atoms with Crippen molar-refractivity contribution in [2.45, 2.75) is 18.9 Å². The highest BCUT2D eigenvalue weighted by Crippen LogP contribution is 2.24. The van der Waals surface area contributed by atoms with Crippen LogP contribution in [0.4, 0.5) is 0 Å². The largest absolute Gasteiger partial charge is 0.383 e. The first-order valence-electron chi connectivity index (χ1n) is 6.40. The number of rotatable bonds is 5. The van der Waals surface area contributed by atoms with Gasteiger partial charge >= 0.3 is 0 Å². The van der Waals surface area contributed by atoms with E-state index in [4.69, 9.17) is 11.6 Å². The van der Waals surface area contributed by atoms with Crippen molar-refractivity contribution in [1.29, 1.82) is 0 Å². The van der Waals surface area contributed by atoms with Crippen LogP contribution in [0.5, 0.6) is 0 Å². The number of hydrogen-bond acceptors (Lipinski definition) is 1. The summed E-state index contributed by atoms with van der Waals surface area (Å²) in [6.07, 6.45) is 2.93. The molecule has 98 valence electrons. The third kappa shape index (κ3) is 4.23. The van der Waals surface area contributed by atoms with Crippen LogP contribution in [0, 0.1) is 0 Å². The lowest BCUT2D eigenvalue weighted by molar-refractivity contribution is 0.223. The summed E-state index contributed by atoms with van der Waals surface area (Å²) in [5, 5.41) is 10.6. The van der Waals surface area contributed by atoms with Gasteiger partial charge in [-0.3, -0.25) is 0 Å². The topological polar surface area (TPSA) is 20.2 Å². The van der Waals surface area contributed by atoms with Crippen LogP contribution in [-0.2, 0) is 6.42 Å². The zero-order chi connectivity index (χ0) is 13.5. The molecule has 2 aromatic rings. The number of benzene rings is 2. The Hall–Kier alpha value is -1.57. The summed E-state index contributed by atoms with van der Waals surface area (Å²) in [6, 6.07) is 19.7. The van der Waals surface area contributed by atoms with Gasteiger partial charge in [0.1, 0.15) is 6.10 Å². The molecule has 2 rings (SSSR count). The van der Waals surface area contributed by atoms with Crippen molar-refractivity contribution in [3.63, 3.8) is 0 Å². The van der Waals surface area contributed by atoms with E-state index < -0.39 is 6.10 Å². The molecule has 0 saturated heterocycles. The zero-order valence-electron chi connectivity index (χ0n) is 10.7. The summed E-state index contributed by atoms with van der Waals surface area (Å²) in [5.74, 6) is 0. The molecule has 0 heterocycles. The first-order valence-corrected chi connectivity index (χ1v) is 6.77. The lowest BCUT2D eigenvalue weighted by Crippen LogP contribution is -1.97. The molecule has 2 aromatic carbocycles. The normalized spacial score (nSPS) is 13.3. The van der Waals surface area contributed by atoms with Crippen molar-refractivity contribution in [1.82, 2.24) is 0 Å². The third-order valence-corrected chi connectivity index (χ3v) is 3.35. The van der Waals surface area contributed by atoms with Gasteiger partial charge in [-0.05, 0) is 24.0 Å². The molecule has 0 bridgehead atoms. The van der Waals surface area contributed by atoms with E-state index in [0.29, 0.717) is 5.03 Å². The molecular weight excluding hydrogens is 256 g/mol. The minimum atomic E-state index is -0.723. The fourth-order valence-corrected chi connectivity index (χ4v) is 2.16. The highest BCUT2D eigenvalue weighted by atomic mass is 35.5. The molecule has 0 aliphatic heterocycles. The van der Waals surface area contributed by atoms with Crippen molar-refractivity contribution in [2.75, 3.05) is 0 Å². The first-order chi connectivity index (χ1) is 9.27. The molecule has 0 fully saturated rings. The molecule has 19 heavy (non-hydrogen) atoms. The van der Waals surface area contributed by atoms with Crippen LogP contribution < -0.4 is 0 Å². The van der Waals surface area contributed by atoms with E-state index in [0.717, 1.165) is 18.4 Å². The second kappa shape index (κ2) is 7.13. The molecular formula is C17H17ClO. The minimum Gasteiger partial charge on any atom is -0.383 e. The van der Waals surface area contributed by atoms with Crippen LogP contribution in [-0.4, -0.2) is 5.11 Å². The van der Waals surface area contributed by atoms with Crippen LogP contribution in [0.3, 0.4) is 0 Å². The maximum Gasteiger partial charge on any atom is 0.114 e. The summed E-state index contributed by atoms with van der Waals surface area (Å²) in [4.78, 5) is 0. The number of aryl methyl sites for hydroxylation is 1. The van der Waals surface area contributed by atoms with Gasteiger partial charge in [-0.1, -0.05) is 78.3 Å². The molecule has 0 saturated carbocycles. The van der Waals surface area contributed by atoms with Crippen molar-refractivity contribution in [3.05, 3.63) is 82.9 Å². The molecule has 1 atom stereocenters. The van der Waals surface area contributed by atoms with Crippen molar-refractivity contribution in [2.24, 2.45) is 0 Å². The maximum absolute atomic E-state index is 10.1. The number of aliphatic hydroxyl groups excluding tert-OH is 1. The summed E-state index contributed by atoms with van der Waals surface area (Å²) in [7, 11) is 0. The lowest BCUT2D eigenvalue weighted by Gasteiger charge is -2.09. The number of aliphatic hydroxyl groups is 1. The quantitative estimate of drug-likeness (QED) is 0.851. The molecule has 0 radical (unpaired) electrons. The van der Waals surface area contributed by atoms with Gasteiger partial charge in [0.15, 0.2) is 0 Å². The molecule has 0 aliphatic rings. The van der Waals surface area contributed by atoms with E-state index in [1.54, 1.807) is 0 Å². The predicted octanol–water partition coefficient (Wildman–Crippen LogP) is 4.48. The standard InChI is InChI=1S/C17H17ClO/c18-16(17(19)15-11-5-2-6-12-15)13-7-10-14-8-3-1-4-9-14/h1-6,8-9,11-13,17,19H,7,10H2/b16-13-. The lowest BCUT2D eigenvalue weighted by atomic mass is 10.1. The van der Waals surface area contributed by atoms with Crippen LogP contribution >= 0.6 is 11.6 Å². The van der Waals surface area contributed by atoms with Gasteiger partial charge in [0.2, 0.25) is 0 Å². The van der Waals surface area contributed by atoms with E-state index in [-0.39, 0.29) is 0 Å². The number of hydrogen-bond donors (Lipinski definition) is 1. The van der Waals surface area contributed by atoms with E-state index in [1.165, 1.54) is 5.56 Å². The van der Waals surface area contributed by atoms with Gasteiger partial charge in [0.05, 0.1) is 0 Å². The predicted molar refractivity (Wildman–Crippen MR) is 80.1 cm³/mol. The van der Waals surface area contributed by atoms with Crippen LogP contribution in [0.25, 0.3) is 0 Å². The highest BCUT2D eigenvalue weighted by Gasteiger charge is 2.10. The molecule has 1 nitrogen and oxygen atoms in total. The second-order valence-electron chi connectivity index (χ2n) is 4.43. The number of allylic oxidation sites excluding steroid dienone is 1. The summed E-state index contributed by atoms with van der Waals surface area (Å²) in [6.45, 7) is 0. The average Bonchev–Trinajstić information content (AvgIpc) is 2.48. The smallest absolute Gasteiger partial charge is 0.114 e. The zero-order valence-corrected chi connectivity index (χ0v) is 11.4. The Balaban J connectivity index is 1.92. The van der Waals surface area contributed by atoms with Gasteiger partial charge < -0.3 is 5.11 Å². The van der Waals surface area contributed by atoms with Gasteiger partial charge in [0.25, 0.3) is 0 Å². The molecule has 0 amide bonds. The summed E-state index contributed by atoms with van der Waals surface area (Å²) in [5.41, 5.74) is 2.10. The van der Waals surface area contributed by atoms with Gasteiger partial charge in [-0.25, -0.2) is 0 Å². The maximum atomic E-state index is 10.1. The Morgan fingerprint density at radius 3 is 2.21 bits per heavy atom. The molecule has 0 aromatic heterocycles. The first kappa shape index (κ1) is 13.9. The van der Waals surface area contributed by atoms with Gasteiger partial charge in [-0.15, -0.1) is 0 Å². The molecule has 1 N–H and O–H groups in total. The summed E-state index contributed by atoms with van der Waals surface area (Å²) < 4.78 is 0. The van der Waals surface area contributed by atoms with Crippen molar-refractivity contribution in [3.8, 4) is 0 Å². The highest BCUT2D eigenvalue weighted by molar-refractivity contribution is 6.30. The van der Waals surface area contributed by atoms with E-state index in [9.17, 15) is 5.11 Å². The Labute approximate surface area is 119 Å². The number of halogens is 1. The van der Waals surface area contributed by atoms with E-state index in [2.05, 4.69) is 12.1 Å². The van der Waals surface area contributed by atoms with Crippen LogP contribution in [0.15, 0.2) is 71.8 Å². The third-order valence-electron chi connectivity index (χ3n) is 2.99. The monoisotopic (exact) mass is 272 g/mol. The fraction of sp³-hybridized carbons (Fsp3) is 0.176. The Kier molecular flexibility index (Phi) is 5.20. The second-order valence-corrected chi connectivity index (χ2v) is 4.86. The molecule has 2 heteroatoms. The van der Waals surface area contributed by atoms with Crippen molar-refractivity contribution >= 4 is 11.6 Å². The molecule has 0 spiro atoms. The van der Waals surface area contributed by atoms with Crippen LogP contribution in [0.1, 0.15) is 23.7 Å². The average molecular weight is 273 g/mol. The van der Waals surface area contributed by atoms with Gasteiger partial charge in [0, 0.05) is 5.03 Å². The molecule has 1 unspecified atom stereocenters. The van der Waals surface area contributed by atoms with E-state index in [1.807, 2.05) is 54.6 Å². The Morgan fingerprint density at radius 1 is 1.00 bits per heavy atom. The Morgan fingerprint density at radius 2 is 1.58 bits per heavy atom. The van der Waals surface area contributed by atoms with E-state index >= 15 is 0 Å². The molecule has 0 aliphatic carbocycles. The summed E-state index contributed by atoms with van der Waals surface area (Å²) >= 11 is 6.14. The van der Waals surface area contributed by atoms with Crippen LogP contribution in [0.2, 0.25) is 0 Å². The fourth-order valence-electron chi connectivity index (χ4n) is 1.93. The van der Waals surface area contributed by atoms with Gasteiger partial charge in [-0.2, -0.15) is 0 Å².